The summed E-state index contributed by atoms with van der Waals surface area (Å²) in [5, 5.41) is 3.07. The number of carbonyl (C=O) groups excluding carboxylic acids is 1. The Labute approximate surface area is 218 Å². The SMILES string of the molecule is Cl.O=C(Cc1cccc2ccccc12)N(CCCN1CCOCC1)c1nc2ccc(Br)cc2s1. The van der Waals surface area contributed by atoms with Crippen LogP contribution in [0, 0.1) is 0 Å². The second kappa shape index (κ2) is 11.6. The van der Waals surface area contributed by atoms with Crippen molar-refractivity contribution in [1.29, 1.82) is 0 Å². The van der Waals surface area contributed by atoms with Gasteiger partial charge in [-0.05, 0) is 41.0 Å². The lowest BCUT2D eigenvalue weighted by Crippen LogP contribution is -2.39. The molecule has 3 aromatic carbocycles. The van der Waals surface area contributed by atoms with Crippen LogP contribution in [0.3, 0.4) is 0 Å². The highest BCUT2D eigenvalue weighted by atomic mass is 79.9. The molecule has 0 aliphatic carbocycles. The standard InChI is InChI=1S/C26H26BrN3O2S.ClH/c27-21-9-10-23-24(18-21)33-26(28-23)30(12-4-11-29-13-15-32-16-14-29)25(31)17-20-7-3-6-19-5-1-2-8-22(19)20;/h1-3,5-10,18H,4,11-17H2;1H. The largest absolute Gasteiger partial charge is 0.379 e. The minimum absolute atomic E-state index is 0. The maximum atomic E-state index is 13.6. The fraction of sp³-hybridized carbons (Fsp3) is 0.308. The predicted octanol–water partition coefficient (Wildman–Crippen LogP) is 5.93. The van der Waals surface area contributed by atoms with Gasteiger partial charge in [-0.15, -0.1) is 12.4 Å². The fourth-order valence-corrected chi connectivity index (χ4v) is 5.87. The van der Waals surface area contributed by atoms with Crippen LogP contribution in [0.1, 0.15) is 12.0 Å². The van der Waals surface area contributed by atoms with Gasteiger partial charge in [0.05, 0.1) is 29.9 Å². The van der Waals surface area contributed by atoms with E-state index in [1.54, 1.807) is 11.3 Å². The summed E-state index contributed by atoms with van der Waals surface area (Å²) in [5.41, 5.74) is 1.98. The Hall–Kier alpha value is -2.03. The van der Waals surface area contributed by atoms with Gasteiger partial charge in [0.2, 0.25) is 5.91 Å². The molecule has 0 saturated carbocycles. The van der Waals surface area contributed by atoms with Crippen LogP contribution < -0.4 is 4.90 Å². The first-order valence-corrected chi connectivity index (χ1v) is 12.9. The molecule has 0 atom stereocenters. The van der Waals surface area contributed by atoms with Crippen molar-refractivity contribution in [3.05, 3.63) is 70.7 Å². The number of aromatic nitrogens is 1. The number of nitrogens with zero attached hydrogens (tertiary/aromatic N) is 3. The molecule has 34 heavy (non-hydrogen) atoms. The molecule has 5 nitrogen and oxygen atoms in total. The summed E-state index contributed by atoms with van der Waals surface area (Å²) < 4.78 is 7.56. The first-order valence-electron chi connectivity index (χ1n) is 11.3. The first-order chi connectivity index (χ1) is 16.2. The third-order valence-corrected chi connectivity index (χ3v) is 7.59. The summed E-state index contributed by atoms with van der Waals surface area (Å²) in [4.78, 5) is 22.7. The van der Waals surface area contributed by atoms with Gasteiger partial charge in [0.15, 0.2) is 5.13 Å². The van der Waals surface area contributed by atoms with E-state index in [1.807, 2.05) is 35.2 Å². The van der Waals surface area contributed by atoms with Crippen molar-refractivity contribution in [1.82, 2.24) is 9.88 Å². The lowest BCUT2D eigenvalue weighted by molar-refractivity contribution is -0.118. The summed E-state index contributed by atoms with van der Waals surface area (Å²) >= 11 is 5.12. The lowest BCUT2D eigenvalue weighted by Gasteiger charge is -2.27. The van der Waals surface area contributed by atoms with E-state index in [0.717, 1.165) is 75.4 Å². The van der Waals surface area contributed by atoms with Crippen molar-refractivity contribution in [2.45, 2.75) is 12.8 Å². The number of morpholine rings is 1. The number of hydrogen-bond donors (Lipinski definition) is 0. The van der Waals surface area contributed by atoms with E-state index in [9.17, 15) is 4.79 Å². The van der Waals surface area contributed by atoms with Gasteiger partial charge < -0.3 is 4.74 Å². The van der Waals surface area contributed by atoms with E-state index in [2.05, 4.69) is 51.2 Å². The van der Waals surface area contributed by atoms with E-state index in [-0.39, 0.29) is 18.3 Å². The Balaban J connectivity index is 0.00000274. The second-order valence-electron chi connectivity index (χ2n) is 8.28. The summed E-state index contributed by atoms with van der Waals surface area (Å²) in [7, 11) is 0. The van der Waals surface area contributed by atoms with E-state index in [0.29, 0.717) is 13.0 Å². The molecule has 2 heterocycles. The van der Waals surface area contributed by atoms with Gasteiger partial charge in [0.1, 0.15) is 0 Å². The van der Waals surface area contributed by atoms with Crippen LogP contribution in [-0.4, -0.2) is 55.2 Å². The van der Waals surface area contributed by atoms with Crippen molar-refractivity contribution in [3.63, 3.8) is 0 Å². The van der Waals surface area contributed by atoms with Crippen molar-refractivity contribution in [3.8, 4) is 0 Å². The molecule has 1 aliphatic heterocycles. The average Bonchev–Trinajstić information content (AvgIpc) is 3.25. The van der Waals surface area contributed by atoms with Crippen LogP contribution in [0.15, 0.2) is 65.1 Å². The highest BCUT2D eigenvalue weighted by molar-refractivity contribution is 9.10. The van der Waals surface area contributed by atoms with Crippen molar-refractivity contribution < 1.29 is 9.53 Å². The average molecular weight is 561 g/mol. The number of ether oxygens (including phenoxy) is 1. The summed E-state index contributed by atoms with van der Waals surface area (Å²) in [5.74, 6) is 0.0893. The van der Waals surface area contributed by atoms with Gasteiger partial charge in [-0.25, -0.2) is 4.98 Å². The molecular weight excluding hydrogens is 534 g/mol. The van der Waals surface area contributed by atoms with E-state index in [4.69, 9.17) is 9.72 Å². The first kappa shape index (κ1) is 25.1. The summed E-state index contributed by atoms with van der Waals surface area (Å²) in [6.45, 7) is 5.10. The van der Waals surface area contributed by atoms with Crippen molar-refractivity contribution in [2.75, 3.05) is 44.3 Å². The van der Waals surface area contributed by atoms with Crippen LogP contribution in [-0.2, 0) is 16.0 Å². The molecule has 1 fully saturated rings. The second-order valence-corrected chi connectivity index (χ2v) is 10.2. The maximum absolute atomic E-state index is 13.6. The molecule has 0 spiro atoms. The molecule has 0 radical (unpaired) electrons. The Morgan fingerprint density at radius 3 is 2.74 bits per heavy atom. The van der Waals surface area contributed by atoms with E-state index in [1.165, 1.54) is 0 Å². The number of rotatable bonds is 7. The number of amides is 1. The topological polar surface area (TPSA) is 45.7 Å². The molecule has 1 amide bonds. The van der Waals surface area contributed by atoms with Crippen LogP contribution in [0.5, 0.6) is 0 Å². The summed E-state index contributed by atoms with van der Waals surface area (Å²) in [6.07, 6.45) is 1.26. The Morgan fingerprint density at radius 2 is 1.88 bits per heavy atom. The number of hydrogen-bond acceptors (Lipinski definition) is 5. The van der Waals surface area contributed by atoms with Crippen LogP contribution in [0.2, 0.25) is 0 Å². The molecule has 178 valence electrons. The van der Waals surface area contributed by atoms with Crippen LogP contribution in [0.25, 0.3) is 21.0 Å². The van der Waals surface area contributed by atoms with Gasteiger partial charge in [-0.2, -0.15) is 0 Å². The molecule has 4 aromatic rings. The Morgan fingerprint density at radius 1 is 1.09 bits per heavy atom. The molecule has 1 saturated heterocycles. The predicted molar refractivity (Wildman–Crippen MR) is 146 cm³/mol. The van der Waals surface area contributed by atoms with Gasteiger partial charge in [0.25, 0.3) is 0 Å². The third kappa shape index (κ3) is 5.78. The zero-order valence-electron chi connectivity index (χ0n) is 18.8. The molecule has 1 aromatic heterocycles. The van der Waals surface area contributed by atoms with Gasteiger partial charge in [0, 0.05) is 30.7 Å². The minimum Gasteiger partial charge on any atom is -0.379 e. The van der Waals surface area contributed by atoms with Crippen LogP contribution >= 0.6 is 39.7 Å². The molecule has 0 bridgehead atoms. The smallest absolute Gasteiger partial charge is 0.233 e. The molecule has 8 heteroatoms. The van der Waals surface area contributed by atoms with Gasteiger partial charge >= 0.3 is 0 Å². The molecular formula is C26H27BrClN3O2S. The molecule has 5 rings (SSSR count). The minimum atomic E-state index is 0. The third-order valence-electron chi connectivity index (χ3n) is 6.05. The number of anilines is 1. The Bertz CT molecular complexity index is 1270. The quantitative estimate of drug-likeness (QED) is 0.281. The van der Waals surface area contributed by atoms with Crippen molar-refractivity contribution in [2.24, 2.45) is 0 Å². The summed E-state index contributed by atoms with van der Waals surface area (Å²) in [6, 6.07) is 20.5. The number of carbonyl (C=O) groups is 1. The maximum Gasteiger partial charge on any atom is 0.233 e. The highest BCUT2D eigenvalue weighted by Gasteiger charge is 2.21. The van der Waals surface area contributed by atoms with E-state index < -0.39 is 0 Å². The lowest BCUT2D eigenvalue weighted by atomic mass is 10.0. The van der Waals surface area contributed by atoms with E-state index >= 15 is 0 Å². The molecule has 0 N–H and O–H groups in total. The normalized spacial score (nSPS) is 14.3. The number of fused-ring (bicyclic) bond motifs is 2. The zero-order chi connectivity index (χ0) is 22.6. The zero-order valence-corrected chi connectivity index (χ0v) is 22.0. The number of halogens is 2. The fourth-order valence-electron chi connectivity index (χ4n) is 4.31. The number of thiazole rings is 1. The van der Waals surface area contributed by atoms with Gasteiger partial charge in [-0.3, -0.25) is 14.6 Å². The molecule has 0 unspecified atom stereocenters. The van der Waals surface area contributed by atoms with Crippen LogP contribution in [0.4, 0.5) is 5.13 Å². The number of benzene rings is 3. The monoisotopic (exact) mass is 559 g/mol. The van der Waals surface area contributed by atoms with Crippen molar-refractivity contribution >= 4 is 71.7 Å². The molecule has 1 aliphatic rings. The Kier molecular flexibility index (Phi) is 8.55. The highest BCUT2D eigenvalue weighted by Crippen LogP contribution is 2.32. The van der Waals surface area contributed by atoms with Gasteiger partial charge in [-0.1, -0.05) is 69.7 Å².